The lowest BCUT2D eigenvalue weighted by molar-refractivity contribution is 0.268. The van der Waals surface area contributed by atoms with Crippen molar-refractivity contribution >= 4 is 15.7 Å². The summed E-state index contributed by atoms with van der Waals surface area (Å²) in [5.41, 5.74) is 7.05. The minimum absolute atomic E-state index is 0.00398. The Balaban J connectivity index is 2.19. The Hall–Kier alpha value is -1.07. The monoisotopic (exact) mass is 268 g/mol. The Morgan fingerprint density at radius 3 is 2.72 bits per heavy atom. The summed E-state index contributed by atoms with van der Waals surface area (Å²) in [5, 5.41) is 0. The Morgan fingerprint density at radius 2 is 2.06 bits per heavy atom. The molecule has 1 aromatic carbocycles. The van der Waals surface area contributed by atoms with Crippen LogP contribution in [-0.2, 0) is 15.8 Å². The first-order valence-corrected chi connectivity index (χ1v) is 7.94. The maximum atomic E-state index is 12.4. The summed E-state index contributed by atoms with van der Waals surface area (Å²) in [6.07, 6.45) is 3.01. The quantitative estimate of drug-likeness (QED) is 0.852. The topological polar surface area (TPSA) is 63.4 Å². The van der Waals surface area contributed by atoms with E-state index in [4.69, 9.17) is 5.73 Å². The maximum Gasteiger partial charge on any atom is 0.218 e. The standard InChI is InChI=1S/C13H20N2O2S/c1-11-6-4-5-9-15(11)18(16,17)10-12-7-2-3-8-13(12)14/h2-3,7-8,11H,4-6,9-10,14H2,1H3. The highest BCUT2D eigenvalue weighted by Crippen LogP contribution is 2.23. The minimum atomic E-state index is -3.25. The average Bonchev–Trinajstić information content (AvgIpc) is 2.32. The minimum Gasteiger partial charge on any atom is -0.398 e. The molecule has 18 heavy (non-hydrogen) atoms. The van der Waals surface area contributed by atoms with Crippen molar-refractivity contribution in [3.05, 3.63) is 29.8 Å². The molecular weight excluding hydrogens is 248 g/mol. The van der Waals surface area contributed by atoms with Gasteiger partial charge in [-0.05, 0) is 31.4 Å². The van der Waals surface area contributed by atoms with E-state index in [-0.39, 0.29) is 11.8 Å². The van der Waals surface area contributed by atoms with Gasteiger partial charge in [0, 0.05) is 18.3 Å². The number of nitrogen functional groups attached to an aromatic ring is 1. The molecule has 1 unspecified atom stereocenters. The predicted octanol–water partition coefficient (Wildman–Crippen LogP) is 1.97. The summed E-state index contributed by atoms with van der Waals surface area (Å²) >= 11 is 0. The van der Waals surface area contributed by atoms with Gasteiger partial charge in [-0.15, -0.1) is 0 Å². The Morgan fingerprint density at radius 1 is 1.33 bits per heavy atom. The van der Waals surface area contributed by atoms with Crippen LogP contribution in [0.1, 0.15) is 31.7 Å². The van der Waals surface area contributed by atoms with E-state index in [1.165, 1.54) is 0 Å². The molecule has 0 aliphatic carbocycles. The zero-order valence-electron chi connectivity index (χ0n) is 10.7. The third-order valence-corrected chi connectivity index (χ3v) is 5.43. The summed E-state index contributed by atoms with van der Waals surface area (Å²) in [6.45, 7) is 2.61. The van der Waals surface area contributed by atoms with E-state index in [0.29, 0.717) is 17.8 Å². The smallest absolute Gasteiger partial charge is 0.218 e. The number of sulfonamides is 1. The third kappa shape index (κ3) is 2.84. The van der Waals surface area contributed by atoms with Crippen LogP contribution in [0.25, 0.3) is 0 Å². The van der Waals surface area contributed by atoms with Crippen LogP contribution < -0.4 is 5.73 Å². The molecule has 2 rings (SSSR count). The summed E-state index contributed by atoms with van der Waals surface area (Å²) < 4.78 is 26.4. The fourth-order valence-electron chi connectivity index (χ4n) is 2.43. The summed E-state index contributed by atoms with van der Waals surface area (Å²) in [6, 6.07) is 7.26. The van der Waals surface area contributed by atoms with Gasteiger partial charge in [-0.1, -0.05) is 24.6 Å². The molecule has 0 bridgehead atoms. The van der Waals surface area contributed by atoms with Crippen LogP contribution in [0.2, 0.25) is 0 Å². The average molecular weight is 268 g/mol. The fourth-order valence-corrected chi connectivity index (χ4v) is 4.31. The van der Waals surface area contributed by atoms with Gasteiger partial charge in [0.2, 0.25) is 10.0 Å². The second-order valence-electron chi connectivity index (χ2n) is 4.91. The highest BCUT2D eigenvalue weighted by molar-refractivity contribution is 7.88. The molecule has 1 atom stereocenters. The molecule has 0 radical (unpaired) electrons. The van der Waals surface area contributed by atoms with Crippen molar-refractivity contribution in [2.24, 2.45) is 0 Å². The number of anilines is 1. The van der Waals surface area contributed by atoms with Crippen molar-refractivity contribution in [2.45, 2.75) is 38.0 Å². The Bertz CT molecular complexity index is 513. The van der Waals surface area contributed by atoms with Crippen molar-refractivity contribution in [1.29, 1.82) is 0 Å². The van der Waals surface area contributed by atoms with Crippen LogP contribution in [-0.4, -0.2) is 25.3 Å². The van der Waals surface area contributed by atoms with Crippen LogP contribution >= 0.6 is 0 Å². The van der Waals surface area contributed by atoms with Crippen molar-refractivity contribution in [2.75, 3.05) is 12.3 Å². The van der Waals surface area contributed by atoms with E-state index in [9.17, 15) is 8.42 Å². The SMILES string of the molecule is CC1CCCCN1S(=O)(=O)Cc1ccccc1N. The molecule has 1 aliphatic rings. The van der Waals surface area contributed by atoms with Gasteiger partial charge in [0.15, 0.2) is 0 Å². The highest BCUT2D eigenvalue weighted by Gasteiger charge is 2.29. The lowest BCUT2D eigenvalue weighted by Gasteiger charge is -2.32. The number of benzene rings is 1. The molecular formula is C13H20N2O2S. The fraction of sp³-hybridized carbons (Fsp3) is 0.538. The third-order valence-electron chi connectivity index (χ3n) is 3.49. The van der Waals surface area contributed by atoms with Crippen LogP contribution in [0.15, 0.2) is 24.3 Å². The van der Waals surface area contributed by atoms with Gasteiger partial charge in [0.25, 0.3) is 0 Å². The normalized spacial score (nSPS) is 21.9. The molecule has 0 saturated carbocycles. The molecule has 1 aromatic rings. The molecule has 100 valence electrons. The van der Waals surface area contributed by atoms with Crippen LogP contribution in [0.3, 0.4) is 0 Å². The molecule has 1 aliphatic heterocycles. The Kier molecular flexibility index (Phi) is 3.92. The number of hydrogen-bond acceptors (Lipinski definition) is 3. The van der Waals surface area contributed by atoms with Gasteiger partial charge in [0.05, 0.1) is 5.75 Å². The summed E-state index contributed by atoms with van der Waals surface area (Å²) in [5.74, 6) is 0.00398. The van der Waals surface area contributed by atoms with E-state index >= 15 is 0 Å². The number of para-hydroxylation sites is 1. The molecule has 0 spiro atoms. The van der Waals surface area contributed by atoms with Crippen molar-refractivity contribution in [3.63, 3.8) is 0 Å². The molecule has 2 N–H and O–H groups in total. The van der Waals surface area contributed by atoms with Crippen LogP contribution in [0, 0.1) is 0 Å². The molecule has 0 amide bonds. The zero-order valence-corrected chi connectivity index (χ0v) is 11.5. The number of hydrogen-bond donors (Lipinski definition) is 1. The first kappa shape index (κ1) is 13.4. The molecule has 0 aromatic heterocycles. The summed E-state index contributed by atoms with van der Waals surface area (Å²) in [4.78, 5) is 0. The van der Waals surface area contributed by atoms with E-state index in [1.807, 2.05) is 19.1 Å². The van der Waals surface area contributed by atoms with Gasteiger partial charge in [-0.3, -0.25) is 0 Å². The largest absolute Gasteiger partial charge is 0.398 e. The first-order chi connectivity index (χ1) is 8.50. The maximum absolute atomic E-state index is 12.4. The van der Waals surface area contributed by atoms with E-state index in [2.05, 4.69) is 0 Å². The molecule has 5 heteroatoms. The van der Waals surface area contributed by atoms with Gasteiger partial charge >= 0.3 is 0 Å². The van der Waals surface area contributed by atoms with E-state index < -0.39 is 10.0 Å². The number of nitrogens with two attached hydrogens (primary N) is 1. The Labute approximate surface area is 109 Å². The van der Waals surface area contributed by atoms with Gasteiger partial charge in [-0.25, -0.2) is 8.42 Å². The van der Waals surface area contributed by atoms with Crippen molar-refractivity contribution in [3.8, 4) is 0 Å². The number of piperidine rings is 1. The molecule has 1 heterocycles. The van der Waals surface area contributed by atoms with Gasteiger partial charge in [-0.2, -0.15) is 4.31 Å². The van der Waals surface area contributed by atoms with Gasteiger partial charge in [0.1, 0.15) is 0 Å². The molecule has 4 nitrogen and oxygen atoms in total. The van der Waals surface area contributed by atoms with Crippen LogP contribution in [0.5, 0.6) is 0 Å². The molecule has 1 fully saturated rings. The second-order valence-corrected chi connectivity index (χ2v) is 6.83. The predicted molar refractivity (Wildman–Crippen MR) is 73.5 cm³/mol. The number of rotatable bonds is 3. The van der Waals surface area contributed by atoms with Crippen molar-refractivity contribution < 1.29 is 8.42 Å². The first-order valence-electron chi connectivity index (χ1n) is 6.33. The lowest BCUT2D eigenvalue weighted by Crippen LogP contribution is -2.42. The highest BCUT2D eigenvalue weighted by atomic mass is 32.2. The van der Waals surface area contributed by atoms with Crippen molar-refractivity contribution in [1.82, 2.24) is 4.31 Å². The zero-order chi connectivity index (χ0) is 13.2. The van der Waals surface area contributed by atoms with E-state index in [1.54, 1.807) is 16.4 Å². The van der Waals surface area contributed by atoms with Gasteiger partial charge < -0.3 is 5.73 Å². The number of nitrogens with zero attached hydrogens (tertiary/aromatic N) is 1. The summed E-state index contributed by atoms with van der Waals surface area (Å²) in [7, 11) is -3.25. The lowest BCUT2D eigenvalue weighted by atomic mass is 10.1. The molecule has 1 saturated heterocycles. The van der Waals surface area contributed by atoms with Crippen LogP contribution in [0.4, 0.5) is 5.69 Å². The van der Waals surface area contributed by atoms with E-state index in [0.717, 1.165) is 19.3 Å². The second kappa shape index (κ2) is 5.28.